The first-order chi connectivity index (χ1) is 7.09. The molecule has 0 saturated carbocycles. The summed E-state index contributed by atoms with van der Waals surface area (Å²) in [4.78, 5) is 11.2. The molecule has 0 atom stereocenters. The van der Waals surface area contributed by atoms with Crippen LogP contribution in [0.5, 0.6) is 0 Å². The zero-order chi connectivity index (χ0) is 11.0. The molecule has 0 aliphatic carbocycles. The van der Waals surface area contributed by atoms with Gasteiger partial charge in [-0.3, -0.25) is 9.48 Å². The van der Waals surface area contributed by atoms with E-state index in [1.165, 1.54) is 6.92 Å². The summed E-state index contributed by atoms with van der Waals surface area (Å²) in [5, 5.41) is 11.8. The lowest BCUT2D eigenvalue weighted by molar-refractivity contribution is 0.101. The van der Waals surface area contributed by atoms with Gasteiger partial charge in [0.25, 0.3) is 0 Å². The van der Waals surface area contributed by atoms with E-state index in [1.807, 2.05) is 20.2 Å². The second kappa shape index (κ2) is 3.30. The largest absolute Gasteiger partial charge is 0.293 e. The normalized spacial score (nSPS) is 10.6. The number of Topliss-reactive ketones (excluding diaryl/α,β-unsaturated/α-hetero) is 1. The van der Waals surface area contributed by atoms with Gasteiger partial charge in [0.2, 0.25) is 0 Å². The molecule has 0 unspecified atom stereocenters. The Kier molecular flexibility index (Phi) is 2.11. The molecule has 78 valence electrons. The van der Waals surface area contributed by atoms with Gasteiger partial charge in [-0.25, -0.2) is 4.68 Å². The van der Waals surface area contributed by atoms with Crippen LogP contribution in [0.1, 0.15) is 23.1 Å². The van der Waals surface area contributed by atoms with Crippen LogP contribution in [0.4, 0.5) is 0 Å². The van der Waals surface area contributed by atoms with Crippen molar-refractivity contribution in [2.75, 3.05) is 0 Å². The maximum atomic E-state index is 11.2. The number of aromatic nitrogens is 5. The van der Waals surface area contributed by atoms with Crippen molar-refractivity contribution in [2.45, 2.75) is 13.8 Å². The summed E-state index contributed by atoms with van der Waals surface area (Å²) in [7, 11) is 1.82. The first kappa shape index (κ1) is 9.57. The summed E-state index contributed by atoms with van der Waals surface area (Å²) in [5.74, 6) is -0.0809. The third kappa shape index (κ3) is 1.54. The van der Waals surface area contributed by atoms with Crippen LogP contribution in [0.2, 0.25) is 0 Å². The van der Waals surface area contributed by atoms with Gasteiger partial charge in [-0.2, -0.15) is 5.10 Å². The molecule has 15 heavy (non-hydrogen) atoms. The van der Waals surface area contributed by atoms with Crippen LogP contribution >= 0.6 is 0 Å². The molecule has 0 amide bonds. The summed E-state index contributed by atoms with van der Waals surface area (Å²) in [5.41, 5.74) is 1.93. The number of carbonyl (C=O) groups excluding carboxylic acids is 1. The van der Waals surface area contributed by atoms with E-state index in [9.17, 15) is 4.79 Å². The molecule has 2 aromatic rings. The molecule has 0 bridgehead atoms. The van der Waals surface area contributed by atoms with Gasteiger partial charge in [-0.1, -0.05) is 5.21 Å². The van der Waals surface area contributed by atoms with Gasteiger partial charge in [0.15, 0.2) is 11.5 Å². The Bertz CT molecular complexity index is 510. The molecule has 2 aromatic heterocycles. The van der Waals surface area contributed by atoms with Crippen LogP contribution in [0, 0.1) is 6.92 Å². The maximum Gasteiger partial charge on any atom is 0.181 e. The standard InChI is InChI=1S/C9H11N5O/c1-6-9(7(2)15)11-12-14(6)8-4-10-13(3)5-8/h4-5H,1-3H3. The van der Waals surface area contributed by atoms with Crippen LogP contribution in [0.25, 0.3) is 5.69 Å². The van der Waals surface area contributed by atoms with Crippen molar-refractivity contribution >= 4 is 5.78 Å². The van der Waals surface area contributed by atoms with Crippen LogP contribution in [0.15, 0.2) is 12.4 Å². The molecule has 0 aliphatic heterocycles. The summed E-state index contributed by atoms with van der Waals surface area (Å²) >= 11 is 0. The Morgan fingerprint density at radius 3 is 2.67 bits per heavy atom. The minimum absolute atomic E-state index is 0.0809. The molecule has 0 N–H and O–H groups in total. The Labute approximate surface area is 86.5 Å². The molecule has 2 rings (SSSR count). The quantitative estimate of drug-likeness (QED) is 0.670. The molecule has 0 aliphatic rings. The zero-order valence-corrected chi connectivity index (χ0v) is 8.80. The molecule has 0 spiro atoms. The van der Waals surface area contributed by atoms with Crippen molar-refractivity contribution in [2.24, 2.45) is 7.05 Å². The van der Waals surface area contributed by atoms with Gasteiger partial charge in [-0.15, -0.1) is 5.10 Å². The average Bonchev–Trinajstić information content (AvgIpc) is 2.71. The molecule has 6 nitrogen and oxygen atoms in total. The van der Waals surface area contributed by atoms with Crippen molar-refractivity contribution in [3.8, 4) is 5.69 Å². The summed E-state index contributed by atoms with van der Waals surface area (Å²) < 4.78 is 3.27. The summed E-state index contributed by atoms with van der Waals surface area (Å²) in [6.45, 7) is 3.29. The highest BCUT2D eigenvalue weighted by Gasteiger charge is 2.13. The van der Waals surface area contributed by atoms with E-state index in [4.69, 9.17) is 0 Å². The maximum absolute atomic E-state index is 11.2. The Hall–Kier alpha value is -1.98. The number of hydrogen-bond donors (Lipinski definition) is 0. The molecular weight excluding hydrogens is 194 g/mol. The molecular formula is C9H11N5O. The number of carbonyl (C=O) groups is 1. The van der Waals surface area contributed by atoms with Crippen molar-refractivity contribution in [3.63, 3.8) is 0 Å². The van der Waals surface area contributed by atoms with Crippen molar-refractivity contribution in [1.82, 2.24) is 24.8 Å². The topological polar surface area (TPSA) is 65.6 Å². The SMILES string of the molecule is CC(=O)c1nnn(-c2cnn(C)c2)c1C. The first-order valence-electron chi connectivity index (χ1n) is 4.52. The van der Waals surface area contributed by atoms with E-state index in [2.05, 4.69) is 15.4 Å². The molecule has 2 heterocycles. The highest BCUT2D eigenvalue weighted by atomic mass is 16.1. The predicted octanol–water partition coefficient (Wildman–Crippen LogP) is 0.512. The van der Waals surface area contributed by atoms with Crippen LogP contribution in [-0.4, -0.2) is 30.6 Å². The van der Waals surface area contributed by atoms with Crippen LogP contribution in [0.3, 0.4) is 0 Å². The lowest BCUT2D eigenvalue weighted by Crippen LogP contribution is -2.00. The smallest absolute Gasteiger partial charge is 0.181 e. The van der Waals surface area contributed by atoms with Gasteiger partial charge < -0.3 is 0 Å². The van der Waals surface area contributed by atoms with Crippen molar-refractivity contribution in [3.05, 3.63) is 23.8 Å². The second-order valence-corrected chi connectivity index (χ2v) is 3.36. The molecule has 0 saturated heterocycles. The van der Waals surface area contributed by atoms with Gasteiger partial charge in [-0.05, 0) is 6.92 Å². The van der Waals surface area contributed by atoms with E-state index < -0.39 is 0 Å². The number of nitrogens with zero attached hydrogens (tertiary/aromatic N) is 5. The van der Waals surface area contributed by atoms with E-state index >= 15 is 0 Å². The third-order valence-electron chi connectivity index (χ3n) is 2.16. The van der Waals surface area contributed by atoms with Crippen molar-refractivity contribution in [1.29, 1.82) is 0 Å². The monoisotopic (exact) mass is 205 g/mol. The lowest BCUT2D eigenvalue weighted by Gasteiger charge is -1.97. The summed E-state index contributed by atoms with van der Waals surface area (Å²) in [6.07, 6.45) is 3.48. The van der Waals surface area contributed by atoms with Crippen LogP contribution in [-0.2, 0) is 7.05 Å². The van der Waals surface area contributed by atoms with Gasteiger partial charge in [0.05, 0.1) is 18.1 Å². The van der Waals surface area contributed by atoms with Gasteiger partial charge >= 0.3 is 0 Å². The third-order valence-corrected chi connectivity index (χ3v) is 2.16. The molecule has 0 radical (unpaired) electrons. The lowest BCUT2D eigenvalue weighted by atomic mass is 10.2. The second-order valence-electron chi connectivity index (χ2n) is 3.36. The molecule has 0 aromatic carbocycles. The Morgan fingerprint density at radius 1 is 1.47 bits per heavy atom. The van der Waals surface area contributed by atoms with Gasteiger partial charge in [0.1, 0.15) is 5.69 Å². The Balaban J connectivity index is 2.50. The fourth-order valence-electron chi connectivity index (χ4n) is 1.42. The van der Waals surface area contributed by atoms with E-state index in [-0.39, 0.29) is 5.78 Å². The highest BCUT2D eigenvalue weighted by Crippen LogP contribution is 2.10. The minimum atomic E-state index is -0.0809. The predicted molar refractivity (Wildman–Crippen MR) is 52.9 cm³/mol. The number of ketones is 1. The van der Waals surface area contributed by atoms with E-state index in [1.54, 1.807) is 15.6 Å². The van der Waals surface area contributed by atoms with Crippen LogP contribution < -0.4 is 0 Å². The zero-order valence-electron chi connectivity index (χ0n) is 8.80. The number of rotatable bonds is 2. The van der Waals surface area contributed by atoms with E-state index in [0.717, 1.165) is 11.4 Å². The molecule has 0 fully saturated rings. The fraction of sp³-hybridized carbons (Fsp3) is 0.333. The minimum Gasteiger partial charge on any atom is -0.293 e. The number of hydrogen-bond acceptors (Lipinski definition) is 4. The summed E-state index contributed by atoms with van der Waals surface area (Å²) in [6, 6.07) is 0. The highest BCUT2D eigenvalue weighted by molar-refractivity contribution is 5.93. The first-order valence-corrected chi connectivity index (χ1v) is 4.52. The number of aryl methyl sites for hydroxylation is 1. The average molecular weight is 205 g/mol. The molecule has 6 heteroatoms. The van der Waals surface area contributed by atoms with Gasteiger partial charge in [0, 0.05) is 14.0 Å². The van der Waals surface area contributed by atoms with E-state index in [0.29, 0.717) is 5.69 Å². The fourth-order valence-corrected chi connectivity index (χ4v) is 1.42. The Morgan fingerprint density at radius 2 is 2.20 bits per heavy atom. The van der Waals surface area contributed by atoms with Crippen molar-refractivity contribution < 1.29 is 4.79 Å².